The minimum atomic E-state index is 0.218. The van der Waals surface area contributed by atoms with E-state index >= 15 is 0 Å². The zero-order chi connectivity index (χ0) is 11.4. The van der Waals surface area contributed by atoms with Crippen molar-refractivity contribution in [3.63, 3.8) is 0 Å². The number of benzene rings is 1. The Morgan fingerprint density at radius 1 is 1.44 bits per heavy atom. The van der Waals surface area contributed by atoms with Gasteiger partial charge in [-0.2, -0.15) is 0 Å². The molecule has 0 radical (unpaired) electrons. The van der Waals surface area contributed by atoms with Crippen LogP contribution in [-0.4, -0.2) is 31.1 Å². The Hall–Kier alpha value is -0.380. The summed E-state index contributed by atoms with van der Waals surface area (Å²) < 4.78 is 7.00. The minimum Gasteiger partial charge on any atom is -0.371 e. The van der Waals surface area contributed by atoms with Gasteiger partial charge in [0, 0.05) is 17.6 Å². The number of hydrogen-bond acceptors (Lipinski definition) is 2. The lowest BCUT2D eigenvalue weighted by Crippen LogP contribution is -2.38. The summed E-state index contributed by atoms with van der Waals surface area (Å²) in [6, 6.07) is 8.34. The summed E-state index contributed by atoms with van der Waals surface area (Å²) in [5, 5.41) is 0. The van der Waals surface area contributed by atoms with Crippen LogP contribution < -0.4 is 0 Å². The van der Waals surface area contributed by atoms with Gasteiger partial charge in [-0.3, -0.25) is 4.90 Å². The summed E-state index contributed by atoms with van der Waals surface area (Å²) in [5.41, 5.74) is 1.27. The fraction of sp³-hybridized carbons (Fsp3) is 0.538. The van der Waals surface area contributed by atoms with Crippen LogP contribution in [0, 0.1) is 0 Å². The number of nitrogens with zero attached hydrogens (tertiary/aromatic N) is 1. The standard InChI is InChI=1S/C13H18BrNO/c1-2-7-15-8-9-16-13(10-15)11-5-3-4-6-12(11)14/h3-6,13H,2,7-10H2,1H3. The Labute approximate surface area is 106 Å². The smallest absolute Gasteiger partial charge is 0.0963 e. The predicted octanol–water partition coefficient (Wildman–Crippen LogP) is 3.23. The molecule has 1 aromatic rings. The van der Waals surface area contributed by atoms with Crippen LogP contribution in [0.25, 0.3) is 0 Å². The largest absolute Gasteiger partial charge is 0.371 e. The highest BCUT2D eigenvalue weighted by Gasteiger charge is 2.22. The third-order valence-electron chi connectivity index (χ3n) is 2.94. The Kier molecular flexibility index (Phi) is 4.38. The van der Waals surface area contributed by atoms with E-state index in [0.29, 0.717) is 0 Å². The zero-order valence-electron chi connectivity index (χ0n) is 9.66. The van der Waals surface area contributed by atoms with Gasteiger partial charge in [0.2, 0.25) is 0 Å². The van der Waals surface area contributed by atoms with Crippen LogP contribution in [0.2, 0.25) is 0 Å². The van der Waals surface area contributed by atoms with Gasteiger partial charge in [0.15, 0.2) is 0 Å². The summed E-state index contributed by atoms with van der Waals surface area (Å²) in [6.07, 6.45) is 1.43. The van der Waals surface area contributed by atoms with Crippen LogP contribution in [0.3, 0.4) is 0 Å². The van der Waals surface area contributed by atoms with E-state index in [-0.39, 0.29) is 6.10 Å². The van der Waals surface area contributed by atoms with Crippen LogP contribution in [-0.2, 0) is 4.74 Å². The van der Waals surface area contributed by atoms with E-state index in [0.717, 1.165) is 24.2 Å². The highest BCUT2D eigenvalue weighted by molar-refractivity contribution is 9.10. The van der Waals surface area contributed by atoms with Crippen molar-refractivity contribution >= 4 is 15.9 Å². The molecule has 3 heteroatoms. The molecule has 1 heterocycles. The first kappa shape index (κ1) is 12.1. The molecule has 2 rings (SSSR count). The first-order valence-corrected chi connectivity index (χ1v) is 6.69. The Balaban J connectivity index is 2.07. The van der Waals surface area contributed by atoms with Crippen molar-refractivity contribution in [2.45, 2.75) is 19.4 Å². The Morgan fingerprint density at radius 2 is 2.25 bits per heavy atom. The van der Waals surface area contributed by atoms with E-state index in [2.05, 4.69) is 46.0 Å². The van der Waals surface area contributed by atoms with Gasteiger partial charge in [0.25, 0.3) is 0 Å². The number of hydrogen-bond donors (Lipinski definition) is 0. The molecule has 1 aromatic carbocycles. The van der Waals surface area contributed by atoms with E-state index in [1.807, 2.05) is 6.07 Å². The highest BCUT2D eigenvalue weighted by atomic mass is 79.9. The third kappa shape index (κ3) is 2.84. The molecule has 1 aliphatic rings. The second-order valence-corrected chi connectivity index (χ2v) is 5.04. The van der Waals surface area contributed by atoms with Gasteiger partial charge in [-0.1, -0.05) is 41.1 Å². The molecular weight excluding hydrogens is 266 g/mol. The average Bonchev–Trinajstić information content (AvgIpc) is 2.30. The minimum absolute atomic E-state index is 0.218. The van der Waals surface area contributed by atoms with Crippen molar-refractivity contribution in [3.8, 4) is 0 Å². The summed E-state index contributed by atoms with van der Waals surface area (Å²) >= 11 is 3.59. The fourth-order valence-electron chi connectivity index (χ4n) is 2.15. The van der Waals surface area contributed by atoms with Crippen LogP contribution >= 0.6 is 15.9 Å². The van der Waals surface area contributed by atoms with Gasteiger partial charge in [-0.15, -0.1) is 0 Å². The van der Waals surface area contributed by atoms with Crippen LogP contribution in [0.15, 0.2) is 28.7 Å². The van der Waals surface area contributed by atoms with E-state index in [4.69, 9.17) is 4.74 Å². The van der Waals surface area contributed by atoms with Crippen LogP contribution in [0.1, 0.15) is 25.0 Å². The Bertz CT molecular complexity index is 340. The van der Waals surface area contributed by atoms with Gasteiger partial charge >= 0.3 is 0 Å². The number of ether oxygens (including phenoxy) is 1. The molecule has 0 aromatic heterocycles. The van der Waals surface area contributed by atoms with Crippen molar-refractivity contribution in [2.24, 2.45) is 0 Å². The quantitative estimate of drug-likeness (QED) is 0.845. The third-order valence-corrected chi connectivity index (χ3v) is 3.66. The van der Waals surface area contributed by atoms with Gasteiger partial charge in [-0.05, 0) is 24.6 Å². The van der Waals surface area contributed by atoms with Gasteiger partial charge < -0.3 is 4.74 Å². The summed E-state index contributed by atoms with van der Waals surface area (Å²) in [4.78, 5) is 2.48. The summed E-state index contributed by atoms with van der Waals surface area (Å²) in [6.45, 7) is 6.31. The van der Waals surface area contributed by atoms with E-state index in [1.54, 1.807) is 0 Å². The number of halogens is 1. The van der Waals surface area contributed by atoms with Crippen molar-refractivity contribution in [3.05, 3.63) is 34.3 Å². The number of rotatable bonds is 3. The van der Waals surface area contributed by atoms with Crippen LogP contribution in [0.4, 0.5) is 0 Å². The van der Waals surface area contributed by atoms with E-state index in [9.17, 15) is 0 Å². The fourth-order valence-corrected chi connectivity index (χ4v) is 2.69. The molecular formula is C13H18BrNO. The monoisotopic (exact) mass is 283 g/mol. The van der Waals surface area contributed by atoms with Gasteiger partial charge in [0.05, 0.1) is 12.7 Å². The molecule has 1 aliphatic heterocycles. The lowest BCUT2D eigenvalue weighted by Gasteiger charge is -2.33. The maximum atomic E-state index is 5.85. The molecule has 16 heavy (non-hydrogen) atoms. The SMILES string of the molecule is CCCN1CCOC(c2ccccc2Br)C1. The number of morpholine rings is 1. The zero-order valence-corrected chi connectivity index (χ0v) is 11.2. The van der Waals surface area contributed by atoms with E-state index < -0.39 is 0 Å². The predicted molar refractivity (Wildman–Crippen MR) is 69.6 cm³/mol. The van der Waals surface area contributed by atoms with E-state index in [1.165, 1.54) is 18.5 Å². The second kappa shape index (κ2) is 5.80. The molecule has 1 atom stereocenters. The Morgan fingerprint density at radius 3 is 3.00 bits per heavy atom. The molecule has 0 N–H and O–H groups in total. The lowest BCUT2D eigenvalue weighted by molar-refractivity contribution is -0.0301. The van der Waals surface area contributed by atoms with Crippen molar-refractivity contribution in [1.82, 2.24) is 4.90 Å². The highest BCUT2D eigenvalue weighted by Crippen LogP contribution is 2.28. The molecule has 1 unspecified atom stereocenters. The van der Waals surface area contributed by atoms with Crippen molar-refractivity contribution in [1.29, 1.82) is 0 Å². The molecule has 2 nitrogen and oxygen atoms in total. The molecule has 0 bridgehead atoms. The first-order chi connectivity index (χ1) is 7.81. The topological polar surface area (TPSA) is 12.5 Å². The van der Waals surface area contributed by atoms with Crippen molar-refractivity contribution < 1.29 is 4.74 Å². The molecule has 1 saturated heterocycles. The molecule has 0 aliphatic carbocycles. The lowest BCUT2D eigenvalue weighted by atomic mass is 10.1. The molecule has 0 spiro atoms. The first-order valence-electron chi connectivity index (χ1n) is 5.89. The van der Waals surface area contributed by atoms with Gasteiger partial charge in [-0.25, -0.2) is 0 Å². The maximum Gasteiger partial charge on any atom is 0.0963 e. The molecule has 88 valence electrons. The summed E-state index contributed by atoms with van der Waals surface area (Å²) in [5.74, 6) is 0. The molecule has 1 fully saturated rings. The normalized spacial score (nSPS) is 22.2. The van der Waals surface area contributed by atoms with Crippen LogP contribution in [0.5, 0.6) is 0 Å². The van der Waals surface area contributed by atoms with Gasteiger partial charge in [0.1, 0.15) is 0 Å². The molecule has 0 amide bonds. The molecule has 0 saturated carbocycles. The van der Waals surface area contributed by atoms with Crippen molar-refractivity contribution in [2.75, 3.05) is 26.2 Å². The second-order valence-electron chi connectivity index (χ2n) is 4.18. The summed E-state index contributed by atoms with van der Waals surface area (Å²) in [7, 11) is 0. The maximum absolute atomic E-state index is 5.85. The average molecular weight is 284 g/mol.